The van der Waals surface area contributed by atoms with Gasteiger partial charge in [0, 0.05) is 18.7 Å². The van der Waals surface area contributed by atoms with Crippen molar-refractivity contribution < 1.29 is 9.72 Å². The summed E-state index contributed by atoms with van der Waals surface area (Å²) >= 11 is 5.74. The first-order valence-electron chi connectivity index (χ1n) is 7.00. The van der Waals surface area contributed by atoms with Gasteiger partial charge in [0.05, 0.1) is 4.92 Å². The van der Waals surface area contributed by atoms with Crippen LogP contribution in [0.4, 0.5) is 5.69 Å². The standard InChI is InChI=1S/C17H15ClN2O3/c18-15-8-6-14(12-16(15)20(22)23)7-9-17(21)19-11-10-13-4-2-1-3-5-13/h1-9,12H,10-11H2,(H,19,21)/b9-7+. The van der Waals surface area contributed by atoms with E-state index in [1.54, 1.807) is 6.07 Å². The average Bonchev–Trinajstić information content (AvgIpc) is 2.55. The van der Waals surface area contributed by atoms with Crippen molar-refractivity contribution in [2.45, 2.75) is 6.42 Å². The van der Waals surface area contributed by atoms with Gasteiger partial charge < -0.3 is 5.32 Å². The fraction of sp³-hybridized carbons (Fsp3) is 0.118. The molecule has 118 valence electrons. The van der Waals surface area contributed by atoms with E-state index in [0.29, 0.717) is 12.1 Å². The number of halogens is 1. The van der Waals surface area contributed by atoms with E-state index in [-0.39, 0.29) is 16.6 Å². The van der Waals surface area contributed by atoms with Crippen LogP contribution in [-0.2, 0) is 11.2 Å². The van der Waals surface area contributed by atoms with Crippen LogP contribution >= 0.6 is 11.6 Å². The first-order valence-corrected chi connectivity index (χ1v) is 7.38. The Morgan fingerprint density at radius 1 is 1.22 bits per heavy atom. The zero-order chi connectivity index (χ0) is 16.7. The quantitative estimate of drug-likeness (QED) is 0.499. The van der Waals surface area contributed by atoms with E-state index in [9.17, 15) is 14.9 Å². The SMILES string of the molecule is O=C(/C=C/c1ccc(Cl)c([N+](=O)[O-])c1)NCCc1ccccc1. The van der Waals surface area contributed by atoms with Crippen LogP contribution in [0.1, 0.15) is 11.1 Å². The van der Waals surface area contributed by atoms with Crippen LogP contribution in [0.5, 0.6) is 0 Å². The van der Waals surface area contributed by atoms with Gasteiger partial charge in [0.25, 0.3) is 5.69 Å². The van der Waals surface area contributed by atoms with E-state index in [4.69, 9.17) is 11.6 Å². The van der Waals surface area contributed by atoms with Crippen LogP contribution < -0.4 is 5.32 Å². The number of amides is 1. The Hall–Kier alpha value is -2.66. The summed E-state index contributed by atoms with van der Waals surface area (Å²) in [4.78, 5) is 22.0. The molecule has 1 N–H and O–H groups in total. The van der Waals surface area contributed by atoms with Gasteiger partial charge in [-0.3, -0.25) is 14.9 Å². The van der Waals surface area contributed by atoms with E-state index >= 15 is 0 Å². The second-order valence-electron chi connectivity index (χ2n) is 4.83. The minimum atomic E-state index is -0.556. The zero-order valence-electron chi connectivity index (χ0n) is 12.2. The van der Waals surface area contributed by atoms with E-state index in [1.807, 2.05) is 30.3 Å². The molecule has 0 fully saturated rings. The highest BCUT2D eigenvalue weighted by atomic mass is 35.5. The van der Waals surface area contributed by atoms with Crippen molar-refractivity contribution in [3.05, 3.63) is 80.9 Å². The summed E-state index contributed by atoms with van der Waals surface area (Å²) in [5.41, 5.74) is 1.50. The highest BCUT2D eigenvalue weighted by Gasteiger charge is 2.11. The fourth-order valence-corrected chi connectivity index (χ4v) is 2.17. The summed E-state index contributed by atoms with van der Waals surface area (Å²) in [6, 6.07) is 14.2. The van der Waals surface area contributed by atoms with Gasteiger partial charge in [-0.15, -0.1) is 0 Å². The van der Waals surface area contributed by atoms with Gasteiger partial charge in [0.15, 0.2) is 0 Å². The molecule has 0 atom stereocenters. The van der Waals surface area contributed by atoms with Gasteiger partial charge in [0.1, 0.15) is 5.02 Å². The molecule has 0 aliphatic carbocycles. The average molecular weight is 331 g/mol. The zero-order valence-corrected chi connectivity index (χ0v) is 13.0. The van der Waals surface area contributed by atoms with E-state index in [2.05, 4.69) is 5.32 Å². The van der Waals surface area contributed by atoms with Crippen molar-refractivity contribution >= 4 is 29.3 Å². The molecule has 0 aromatic heterocycles. The monoisotopic (exact) mass is 330 g/mol. The number of nitrogens with zero attached hydrogens (tertiary/aromatic N) is 1. The summed E-state index contributed by atoms with van der Waals surface area (Å²) in [6.07, 6.45) is 3.60. The van der Waals surface area contributed by atoms with Gasteiger partial charge in [-0.05, 0) is 29.7 Å². The van der Waals surface area contributed by atoms with Gasteiger partial charge >= 0.3 is 0 Å². The van der Waals surface area contributed by atoms with E-state index in [1.165, 1.54) is 24.3 Å². The summed E-state index contributed by atoms with van der Waals surface area (Å²) < 4.78 is 0. The number of hydrogen-bond donors (Lipinski definition) is 1. The number of rotatable bonds is 6. The summed E-state index contributed by atoms with van der Waals surface area (Å²) in [5.74, 6) is -0.251. The maximum Gasteiger partial charge on any atom is 0.288 e. The number of carbonyl (C=O) groups is 1. The third-order valence-corrected chi connectivity index (χ3v) is 3.47. The van der Waals surface area contributed by atoms with Crippen LogP contribution in [0.15, 0.2) is 54.6 Å². The molecule has 6 heteroatoms. The van der Waals surface area contributed by atoms with Crippen molar-refractivity contribution in [3.63, 3.8) is 0 Å². The van der Waals surface area contributed by atoms with E-state index in [0.717, 1.165) is 12.0 Å². The summed E-state index contributed by atoms with van der Waals surface area (Å²) in [5, 5.41) is 13.6. The van der Waals surface area contributed by atoms with Crippen LogP contribution in [0, 0.1) is 10.1 Å². The molecule has 0 spiro atoms. The van der Waals surface area contributed by atoms with Crippen LogP contribution in [-0.4, -0.2) is 17.4 Å². The smallest absolute Gasteiger partial charge is 0.288 e. The number of nitro groups is 1. The molecule has 2 aromatic rings. The van der Waals surface area contributed by atoms with E-state index < -0.39 is 4.92 Å². The number of benzene rings is 2. The maximum atomic E-state index is 11.7. The van der Waals surface area contributed by atoms with Crippen LogP contribution in [0.25, 0.3) is 6.08 Å². The molecule has 0 saturated heterocycles. The second kappa shape index (κ2) is 8.10. The lowest BCUT2D eigenvalue weighted by Gasteiger charge is -2.02. The molecule has 0 unspecified atom stereocenters. The highest BCUT2D eigenvalue weighted by Crippen LogP contribution is 2.25. The molecule has 0 heterocycles. The largest absolute Gasteiger partial charge is 0.352 e. The number of nitro benzene ring substituents is 1. The topological polar surface area (TPSA) is 72.2 Å². The Labute approximate surface area is 138 Å². The van der Waals surface area contributed by atoms with Gasteiger partial charge in [-0.25, -0.2) is 0 Å². The Balaban J connectivity index is 1.88. The lowest BCUT2D eigenvalue weighted by Crippen LogP contribution is -2.23. The van der Waals surface area contributed by atoms with Crippen molar-refractivity contribution in [3.8, 4) is 0 Å². The first kappa shape index (κ1) is 16.7. The minimum Gasteiger partial charge on any atom is -0.352 e. The Morgan fingerprint density at radius 2 is 1.96 bits per heavy atom. The molecule has 0 aliphatic heterocycles. The molecule has 0 aliphatic rings. The molecule has 5 nitrogen and oxygen atoms in total. The maximum absolute atomic E-state index is 11.7. The Morgan fingerprint density at radius 3 is 2.65 bits per heavy atom. The fourth-order valence-electron chi connectivity index (χ4n) is 1.98. The summed E-state index contributed by atoms with van der Waals surface area (Å²) in [6.45, 7) is 0.522. The van der Waals surface area contributed by atoms with Crippen molar-refractivity contribution in [2.75, 3.05) is 6.54 Å². The first-order chi connectivity index (χ1) is 11.1. The molecular formula is C17H15ClN2O3. The predicted octanol–water partition coefficient (Wildman–Crippen LogP) is 3.62. The van der Waals surface area contributed by atoms with Gasteiger partial charge in [0.2, 0.25) is 5.91 Å². The minimum absolute atomic E-state index is 0.0689. The Bertz CT molecular complexity index is 730. The Kier molecular flexibility index (Phi) is 5.88. The predicted molar refractivity (Wildman–Crippen MR) is 90.3 cm³/mol. The molecule has 0 radical (unpaired) electrons. The third kappa shape index (κ3) is 5.23. The van der Waals surface area contributed by atoms with Crippen molar-refractivity contribution in [2.24, 2.45) is 0 Å². The molecule has 23 heavy (non-hydrogen) atoms. The summed E-state index contributed by atoms with van der Waals surface area (Å²) in [7, 11) is 0. The van der Waals surface area contributed by atoms with Gasteiger partial charge in [-0.2, -0.15) is 0 Å². The lowest BCUT2D eigenvalue weighted by atomic mass is 10.1. The van der Waals surface area contributed by atoms with Crippen LogP contribution in [0.2, 0.25) is 5.02 Å². The third-order valence-electron chi connectivity index (χ3n) is 3.15. The van der Waals surface area contributed by atoms with Crippen LogP contribution in [0.3, 0.4) is 0 Å². The molecule has 2 rings (SSSR count). The molecular weight excluding hydrogens is 316 g/mol. The highest BCUT2D eigenvalue weighted by molar-refractivity contribution is 6.32. The van der Waals surface area contributed by atoms with Gasteiger partial charge in [-0.1, -0.05) is 48.0 Å². The molecule has 2 aromatic carbocycles. The number of hydrogen-bond acceptors (Lipinski definition) is 3. The normalized spacial score (nSPS) is 10.7. The molecule has 0 bridgehead atoms. The van der Waals surface area contributed by atoms with Crippen molar-refractivity contribution in [1.29, 1.82) is 0 Å². The van der Waals surface area contributed by atoms with Crippen molar-refractivity contribution in [1.82, 2.24) is 5.32 Å². The molecule has 1 amide bonds. The second-order valence-corrected chi connectivity index (χ2v) is 5.24. The molecule has 0 saturated carbocycles. The lowest BCUT2D eigenvalue weighted by molar-refractivity contribution is -0.384. The number of nitrogens with one attached hydrogen (secondary N) is 1. The number of carbonyl (C=O) groups excluding carboxylic acids is 1.